The molecule has 0 saturated carbocycles. The molecule has 51 heavy (non-hydrogen) atoms. The summed E-state index contributed by atoms with van der Waals surface area (Å²) in [7, 11) is 0. The van der Waals surface area contributed by atoms with Crippen LogP contribution < -0.4 is 10.9 Å². The van der Waals surface area contributed by atoms with Crippen LogP contribution in [0.25, 0.3) is 39.9 Å². The van der Waals surface area contributed by atoms with Crippen molar-refractivity contribution in [2.75, 3.05) is 0 Å². The van der Waals surface area contributed by atoms with Gasteiger partial charge in [0.05, 0.1) is 11.2 Å². The van der Waals surface area contributed by atoms with E-state index in [9.17, 15) is 0 Å². The second-order valence-corrected chi connectivity index (χ2v) is 15.7. The molecule has 0 bridgehead atoms. The number of benzene rings is 5. The molecule has 0 radical (unpaired) electrons. The lowest BCUT2D eigenvalue weighted by atomic mass is 9.29. The molecule has 0 saturated heterocycles. The summed E-state index contributed by atoms with van der Waals surface area (Å²) in [5, 5.41) is 1.36. The molecule has 4 aliphatic rings. The highest BCUT2D eigenvalue weighted by atomic mass is 15.0. The van der Waals surface area contributed by atoms with E-state index >= 15 is 0 Å². The van der Waals surface area contributed by atoms with Crippen LogP contribution in [0.4, 0.5) is 0 Å². The van der Waals surface area contributed by atoms with E-state index in [0.29, 0.717) is 0 Å². The monoisotopic (exact) mass is 653 g/mol. The van der Waals surface area contributed by atoms with Crippen LogP contribution in [0.2, 0.25) is 0 Å². The summed E-state index contributed by atoms with van der Waals surface area (Å²) in [6.07, 6.45) is 17.3. The lowest BCUT2D eigenvalue weighted by molar-refractivity contribution is 0.519. The van der Waals surface area contributed by atoms with Crippen LogP contribution in [-0.4, -0.2) is 11.3 Å². The van der Waals surface area contributed by atoms with Gasteiger partial charge in [-0.15, -0.1) is 0 Å². The van der Waals surface area contributed by atoms with Gasteiger partial charge in [0.25, 0.3) is 0 Å². The van der Waals surface area contributed by atoms with Crippen molar-refractivity contribution in [2.45, 2.75) is 40.0 Å². The van der Waals surface area contributed by atoms with Gasteiger partial charge in [0.15, 0.2) is 0 Å². The Morgan fingerprint density at radius 2 is 1.25 bits per heavy atom. The molecule has 2 heteroatoms. The number of hydrogen-bond acceptors (Lipinski definition) is 0. The largest absolute Gasteiger partial charge is 0.309 e. The SMILES string of the molecule is CC(C)(C)C1=C/c2c(c3c4c(ccc3n2-c2ccccc2)-c2ccccc2C4)/C=C/C=C/C2=C3B(c4ccccc4C2)c2ccccc2C\C3=C\1. The number of rotatable bonds is 1. The van der Waals surface area contributed by atoms with Crippen LogP contribution in [0.3, 0.4) is 0 Å². The molecule has 1 nitrogen and oxygen atoms in total. The van der Waals surface area contributed by atoms with E-state index in [1.165, 1.54) is 94.3 Å². The second kappa shape index (κ2) is 11.5. The minimum atomic E-state index is -0.0934. The number of aromatic nitrogens is 1. The van der Waals surface area contributed by atoms with Gasteiger partial charge in [0, 0.05) is 16.6 Å². The predicted octanol–water partition coefficient (Wildman–Crippen LogP) is 10.4. The third-order valence-corrected chi connectivity index (χ3v) is 11.6. The normalized spacial score (nSPS) is 19.2. The molecule has 0 unspecified atom stereocenters. The third kappa shape index (κ3) is 4.77. The van der Waals surface area contributed by atoms with Crippen LogP contribution in [-0.2, 0) is 19.3 Å². The summed E-state index contributed by atoms with van der Waals surface area (Å²) in [4.78, 5) is 0. The molecule has 2 aliphatic heterocycles. The van der Waals surface area contributed by atoms with E-state index < -0.39 is 0 Å². The molecule has 3 heterocycles. The summed E-state index contributed by atoms with van der Waals surface area (Å²) in [5.74, 6) is 0. The fraction of sp³-hybridized carbons (Fsp3) is 0.143. The fourth-order valence-electron chi connectivity index (χ4n) is 9.25. The van der Waals surface area contributed by atoms with Gasteiger partial charge in [-0.2, -0.15) is 0 Å². The minimum absolute atomic E-state index is 0.0934. The summed E-state index contributed by atoms with van der Waals surface area (Å²) >= 11 is 0. The molecule has 2 aliphatic carbocycles. The zero-order valence-electron chi connectivity index (χ0n) is 29.6. The summed E-state index contributed by atoms with van der Waals surface area (Å²) in [6.45, 7) is 7.36. The maximum atomic E-state index is 2.57. The molecule has 1 aromatic heterocycles. The molecule has 0 N–H and O–H groups in total. The average molecular weight is 654 g/mol. The van der Waals surface area contributed by atoms with Crippen molar-refractivity contribution in [3.8, 4) is 16.8 Å². The van der Waals surface area contributed by atoms with Gasteiger partial charge in [-0.3, -0.25) is 0 Å². The van der Waals surface area contributed by atoms with Crippen LogP contribution in [0, 0.1) is 5.41 Å². The van der Waals surface area contributed by atoms with Crippen LogP contribution in [0.1, 0.15) is 54.3 Å². The average Bonchev–Trinajstić information content (AvgIpc) is 3.67. The zero-order chi connectivity index (χ0) is 34.3. The molecule has 0 spiro atoms. The van der Waals surface area contributed by atoms with E-state index in [2.05, 4.69) is 177 Å². The predicted molar refractivity (Wildman–Crippen MR) is 218 cm³/mol. The number of hydrogen-bond donors (Lipinski definition) is 0. The summed E-state index contributed by atoms with van der Waals surface area (Å²) in [6, 6.07) is 42.9. The van der Waals surface area contributed by atoms with Crippen LogP contribution in [0.15, 0.2) is 162 Å². The molecular weight excluding hydrogens is 613 g/mol. The molecule has 6 aromatic rings. The topological polar surface area (TPSA) is 4.93 Å². The standard InChI is InChI=1S/C49H40BN/c1-49(2,3)37-29-36-28-34-17-10-14-24-44(34)50-43-23-13-9-16-33(43)27-35(48(36)50)18-8-12-22-41-46(31-37)51(38-19-5-4-6-20-38)45-26-25-40-39-21-11-7-15-32(39)30-42(40)47(41)45/h4-26,29,31H,27-28,30H2,1-3H3/b12-8?,18-8+,22-12+,35-18?,36-29-,37-29?,37-31+,41-22?,46-31?. The Labute approximate surface area is 301 Å². The number of nitrogens with zero attached hydrogens (tertiary/aromatic N) is 1. The van der Waals surface area contributed by atoms with Gasteiger partial charge in [-0.25, -0.2) is 0 Å². The van der Waals surface area contributed by atoms with E-state index in [4.69, 9.17) is 0 Å². The van der Waals surface area contributed by atoms with Crippen molar-refractivity contribution in [2.24, 2.45) is 5.41 Å². The summed E-state index contributed by atoms with van der Waals surface area (Å²) < 4.78 is 2.51. The first-order chi connectivity index (χ1) is 24.9. The van der Waals surface area contributed by atoms with E-state index in [0.717, 1.165) is 19.3 Å². The van der Waals surface area contributed by atoms with Gasteiger partial charge >= 0.3 is 0 Å². The van der Waals surface area contributed by atoms with Crippen molar-refractivity contribution in [3.63, 3.8) is 0 Å². The lowest BCUT2D eigenvalue weighted by Crippen LogP contribution is -2.52. The molecule has 10 rings (SSSR count). The Balaban J connectivity index is 1.29. The van der Waals surface area contributed by atoms with Crippen molar-refractivity contribution in [1.82, 2.24) is 4.57 Å². The van der Waals surface area contributed by atoms with Gasteiger partial charge in [0.1, 0.15) is 0 Å². The van der Waals surface area contributed by atoms with Gasteiger partial charge in [-0.05, 0) is 99.1 Å². The Bertz CT molecular complexity index is 2580. The Morgan fingerprint density at radius 3 is 2.02 bits per heavy atom. The molecule has 0 atom stereocenters. The van der Waals surface area contributed by atoms with Crippen molar-refractivity contribution >= 4 is 40.7 Å². The first kappa shape index (κ1) is 30.2. The Kier molecular flexibility index (Phi) is 6.80. The maximum Gasteiger partial charge on any atom is 0.242 e. The van der Waals surface area contributed by atoms with Crippen molar-refractivity contribution in [3.05, 3.63) is 195 Å². The molecule has 244 valence electrons. The highest BCUT2D eigenvalue weighted by molar-refractivity contribution is 6.93. The van der Waals surface area contributed by atoms with Crippen LogP contribution >= 0.6 is 0 Å². The lowest BCUT2D eigenvalue weighted by Gasteiger charge is -2.36. The zero-order valence-corrected chi connectivity index (χ0v) is 29.6. The van der Waals surface area contributed by atoms with E-state index in [1.807, 2.05) is 0 Å². The Morgan fingerprint density at radius 1 is 0.588 bits per heavy atom. The van der Waals surface area contributed by atoms with Gasteiger partial charge in [-0.1, -0.05) is 165 Å². The maximum absolute atomic E-state index is 2.57. The van der Waals surface area contributed by atoms with E-state index in [1.54, 1.807) is 0 Å². The van der Waals surface area contributed by atoms with Crippen molar-refractivity contribution < 1.29 is 0 Å². The number of fused-ring (bicyclic) bond motifs is 11. The second-order valence-electron chi connectivity index (χ2n) is 15.7. The highest BCUT2D eigenvalue weighted by Crippen LogP contribution is 2.46. The third-order valence-electron chi connectivity index (χ3n) is 11.6. The van der Waals surface area contributed by atoms with E-state index in [-0.39, 0.29) is 12.1 Å². The molecular formula is C49H40BN. The number of allylic oxidation sites excluding steroid dienone is 8. The Hall–Kier alpha value is -5.60. The molecule has 0 amide bonds. The molecule has 5 aromatic carbocycles. The summed E-state index contributed by atoms with van der Waals surface area (Å²) in [5.41, 5.74) is 22.0. The quantitative estimate of drug-likeness (QED) is 0.156. The molecule has 0 fully saturated rings. The fourth-order valence-corrected chi connectivity index (χ4v) is 9.25. The van der Waals surface area contributed by atoms with Gasteiger partial charge in [0.2, 0.25) is 6.71 Å². The minimum Gasteiger partial charge on any atom is -0.309 e. The van der Waals surface area contributed by atoms with Crippen LogP contribution in [0.5, 0.6) is 0 Å². The number of para-hydroxylation sites is 1. The van der Waals surface area contributed by atoms with Crippen molar-refractivity contribution in [1.29, 1.82) is 0 Å². The highest BCUT2D eigenvalue weighted by Gasteiger charge is 2.38. The smallest absolute Gasteiger partial charge is 0.242 e. The van der Waals surface area contributed by atoms with Gasteiger partial charge < -0.3 is 4.57 Å². The first-order valence-corrected chi connectivity index (χ1v) is 18.4. The first-order valence-electron chi connectivity index (χ1n) is 18.4.